The third-order valence-electron chi connectivity index (χ3n) is 6.77. The van der Waals surface area contributed by atoms with Crippen molar-refractivity contribution in [2.75, 3.05) is 26.7 Å². The summed E-state index contributed by atoms with van der Waals surface area (Å²) in [5, 5.41) is 9.82. The monoisotopic (exact) mass is 485 g/mol. The number of sulfonamides is 1. The molecule has 1 aromatic carbocycles. The standard InChI is InChI=1S/C26H35N3O4S/c1-19-15-29(20(2)18-30)34(31,32)26-9-8-23(22-6-4-5-7-22)14-24(26)33-25(19)17-28(3)16-21-10-12-27-13-11-21/h6,8-14,19-20,25,30H,4-5,7,15-18H2,1-3H3/t19-,20+,25+/m0/s1. The van der Waals surface area contributed by atoms with Gasteiger partial charge in [-0.15, -0.1) is 0 Å². The molecule has 0 saturated heterocycles. The highest BCUT2D eigenvalue weighted by atomic mass is 32.2. The number of ether oxygens (including phenoxy) is 1. The maximum absolute atomic E-state index is 13.6. The predicted molar refractivity (Wildman–Crippen MR) is 133 cm³/mol. The highest BCUT2D eigenvalue weighted by Crippen LogP contribution is 2.37. The van der Waals surface area contributed by atoms with E-state index in [1.54, 1.807) is 25.4 Å². The summed E-state index contributed by atoms with van der Waals surface area (Å²) in [7, 11) is -1.78. The first-order valence-corrected chi connectivity index (χ1v) is 13.4. The second-order valence-electron chi connectivity index (χ2n) is 9.58. The van der Waals surface area contributed by atoms with Crippen molar-refractivity contribution in [2.24, 2.45) is 5.92 Å². The van der Waals surface area contributed by atoms with Crippen LogP contribution in [-0.4, -0.2) is 66.6 Å². The number of benzene rings is 1. The Kier molecular flexibility index (Phi) is 7.72. The third-order valence-corrected chi connectivity index (χ3v) is 8.79. The minimum atomic E-state index is -3.82. The number of aromatic nitrogens is 1. The summed E-state index contributed by atoms with van der Waals surface area (Å²) in [6, 6.07) is 8.91. The second kappa shape index (κ2) is 10.6. The van der Waals surface area contributed by atoms with Gasteiger partial charge in [0, 0.05) is 44.0 Å². The van der Waals surface area contributed by atoms with Gasteiger partial charge >= 0.3 is 0 Å². The number of likely N-dealkylation sites (N-methyl/N-ethyl adjacent to an activating group) is 1. The summed E-state index contributed by atoms with van der Waals surface area (Å²) in [5.41, 5.74) is 3.42. The van der Waals surface area contributed by atoms with Gasteiger partial charge in [0.15, 0.2) is 0 Å². The van der Waals surface area contributed by atoms with Crippen LogP contribution >= 0.6 is 0 Å². The number of hydrogen-bond donors (Lipinski definition) is 1. The van der Waals surface area contributed by atoms with Gasteiger partial charge in [0.25, 0.3) is 0 Å². The summed E-state index contributed by atoms with van der Waals surface area (Å²) in [4.78, 5) is 6.45. The van der Waals surface area contributed by atoms with Crippen molar-refractivity contribution in [2.45, 2.75) is 56.7 Å². The van der Waals surface area contributed by atoms with Crippen molar-refractivity contribution >= 4 is 15.6 Å². The van der Waals surface area contributed by atoms with Crippen LogP contribution in [0, 0.1) is 5.92 Å². The van der Waals surface area contributed by atoms with Crippen LogP contribution in [0.4, 0.5) is 0 Å². The lowest BCUT2D eigenvalue weighted by Crippen LogP contribution is -2.49. The summed E-state index contributed by atoms with van der Waals surface area (Å²) in [6.07, 6.45) is 8.73. The number of allylic oxidation sites excluding steroid dienone is 2. The molecule has 184 valence electrons. The summed E-state index contributed by atoms with van der Waals surface area (Å²) in [6.45, 7) is 5.19. The van der Waals surface area contributed by atoms with Crippen LogP contribution in [0.25, 0.3) is 5.57 Å². The molecule has 0 unspecified atom stereocenters. The molecule has 4 rings (SSSR count). The predicted octanol–water partition coefficient (Wildman–Crippen LogP) is 3.55. The van der Waals surface area contributed by atoms with Crippen LogP contribution in [0.1, 0.15) is 44.2 Å². The molecule has 1 aromatic heterocycles. The molecule has 3 atom stereocenters. The van der Waals surface area contributed by atoms with Crippen LogP contribution in [0.2, 0.25) is 0 Å². The van der Waals surface area contributed by atoms with Crippen molar-refractivity contribution in [3.8, 4) is 5.75 Å². The molecule has 1 N–H and O–H groups in total. The highest BCUT2D eigenvalue weighted by Gasteiger charge is 2.38. The van der Waals surface area contributed by atoms with Crippen molar-refractivity contribution in [3.63, 3.8) is 0 Å². The van der Waals surface area contributed by atoms with E-state index in [9.17, 15) is 13.5 Å². The van der Waals surface area contributed by atoms with Crippen LogP contribution in [0.3, 0.4) is 0 Å². The molecule has 0 spiro atoms. The van der Waals surface area contributed by atoms with E-state index in [4.69, 9.17) is 4.74 Å². The van der Waals surface area contributed by atoms with Crippen LogP contribution in [0.5, 0.6) is 5.75 Å². The van der Waals surface area contributed by atoms with Crippen molar-refractivity contribution < 1.29 is 18.3 Å². The number of rotatable bonds is 7. The molecule has 2 aromatic rings. The first kappa shape index (κ1) is 24.9. The smallest absolute Gasteiger partial charge is 0.247 e. The molecule has 0 bridgehead atoms. The molecule has 0 saturated carbocycles. The lowest BCUT2D eigenvalue weighted by Gasteiger charge is -2.37. The molecule has 7 nitrogen and oxygen atoms in total. The van der Waals surface area contributed by atoms with Gasteiger partial charge in [0.05, 0.1) is 6.61 Å². The maximum Gasteiger partial charge on any atom is 0.247 e. The van der Waals surface area contributed by atoms with Gasteiger partial charge in [-0.3, -0.25) is 9.88 Å². The van der Waals surface area contributed by atoms with Crippen molar-refractivity contribution in [1.82, 2.24) is 14.2 Å². The van der Waals surface area contributed by atoms with Gasteiger partial charge in [-0.1, -0.05) is 19.1 Å². The van der Waals surface area contributed by atoms with E-state index >= 15 is 0 Å². The fourth-order valence-corrected chi connectivity index (χ4v) is 6.57. The highest BCUT2D eigenvalue weighted by molar-refractivity contribution is 7.89. The Morgan fingerprint density at radius 2 is 2.03 bits per heavy atom. The summed E-state index contributed by atoms with van der Waals surface area (Å²) < 4.78 is 35.2. The Balaban J connectivity index is 1.69. The Bertz CT molecular complexity index is 1120. The fourth-order valence-electron chi connectivity index (χ4n) is 4.75. The van der Waals surface area contributed by atoms with Gasteiger partial charge in [-0.25, -0.2) is 8.42 Å². The number of aliphatic hydroxyl groups excluding tert-OH is 1. The van der Waals surface area contributed by atoms with E-state index in [1.807, 2.05) is 38.2 Å². The summed E-state index contributed by atoms with van der Waals surface area (Å²) in [5.74, 6) is 0.320. The van der Waals surface area contributed by atoms with E-state index in [-0.39, 0.29) is 30.1 Å². The average Bonchev–Trinajstić information content (AvgIpc) is 3.36. The zero-order valence-electron chi connectivity index (χ0n) is 20.2. The molecule has 0 fully saturated rings. The summed E-state index contributed by atoms with van der Waals surface area (Å²) >= 11 is 0. The zero-order chi connectivity index (χ0) is 24.3. The minimum absolute atomic E-state index is 0.0776. The van der Waals surface area contributed by atoms with E-state index in [2.05, 4.69) is 16.0 Å². The number of hydrogen-bond acceptors (Lipinski definition) is 6. The molecule has 1 aliphatic heterocycles. The topological polar surface area (TPSA) is 83.0 Å². The largest absolute Gasteiger partial charge is 0.487 e. The van der Waals surface area contributed by atoms with Gasteiger partial charge in [0.1, 0.15) is 16.7 Å². The first-order valence-electron chi connectivity index (χ1n) is 12.0. The third kappa shape index (κ3) is 5.35. The molecule has 8 heteroatoms. The Labute approximate surface area is 203 Å². The van der Waals surface area contributed by atoms with Crippen molar-refractivity contribution in [1.29, 1.82) is 0 Å². The normalized spacial score (nSPS) is 23.5. The molecule has 0 amide bonds. The SMILES string of the molecule is C[C@H](CO)N1C[C@H](C)[C@@H](CN(C)Cc2ccncc2)Oc2cc(C3=CCCC3)ccc2S1(=O)=O. The Morgan fingerprint density at radius 3 is 2.71 bits per heavy atom. The first-order chi connectivity index (χ1) is 16.3. The van der Waals surface area contributed by atoms with E-state index in [0.717, 1.165) is 36.9 Å². The van der Waals surface area contributed by atoms with Crippen LogP contribution in [0.15, 0.2) is 53.7 Å². The fraction of sp³-hybridized carbons (Fsp3) is 0.500. The van der Waals surface area contributed by atoms with Crippen molar-refractivity contribution in [3.05, 3.63) is 59.9 Å². The second-order valence-corrected chi connectivity index (χ2v) is 11.4. The number of nitrogens with zero attached hydrogens (tertiary/aromatic N) is 3. The number of fused-ring (bicyclic) bond motifs is 1. The van der Waals surface area contributed by atoms with Crippen LogP contribution < -0.4 is 4.74 Å². The Morgan fingerprint density at radius 1 is 1.26 bits per heavy atom. The lowest BCUT2D eigenvalue weighted by atomic mass is 10.0. The minimum Gasteiger partial charge on any atom is -0.487 e. The molecular weight excluding hydrogens is 450 g/mol. The molecule has 2 heterocycles. The lowest BCUT2D eigenvalue weighted by molar-refractivity contribution is 0.0733. The maximum atomic E-state index is 13.6. The molecule has 0 radical (unpaired) electrons. The van der Waals surface area contributed by atoms with E-state index in [0.29, 0.717) is 12.3 Å². The average molecular weight is 486 g/mol. The molecule has 2 aliphatic rings. The van der Waals surface area contributed by atoms with Gasteiger partial charge in [0.2, 0.25) is 10.0 Å². The van der Waals surface area contributed by atoms with Crippen LogP contribution in [-0.2, 0) is 16.6 Å². The molecule has 34 heavy (non-hydrogen) atoms. The van der Waals surface area contributed by atoms with Gasteiger partial charge in [-0.05, 0) is 74.2 Å². The Hall–Kier alpha value is -2.26. The van der Waals surface area contributed by atoms with Gasteiger partial charge < -0.3 is 9.84 Å². The van der Waals surface area contributed by atoms with Gasteiger partial charge in [-0.2, -0.15) is 4.31 Å². The quantitative estimate of drug-likeness (QED) is 0.646. The van der Waals surface area contributed by atoms with E-state index in [1.165, 1.54) is 9.88 Å². The molecular formula is C26H35N3O4S. The van der Waals surface area contributed by atoms with E-state index < -0.39 is 16.1 Å². The number of pyridine rings is 1. The zero-order valence-corrected chi connectivity index (χ0v) is 21.0. The number of aliphatic hydroxyl groups is 1. The molecule has 1 aliphatic carbocycles.